The minimum absolute atomic E-state index is 0.0677. The Kier molecular flexibility index (Phi) is 4.03. The normalized spacial score (nSPS) is 10.0. The molecule has 0 radical (unpaired) electrons. The highest BCUT2D eigenvalue weighted by Crippen LogP contribution is 2.07. The first-order chi connectivity index (χ1) is 7.13. The van der Waals surface area contributed by atoms with Gasteiger partial charge < -0.3 is 10.0 Å². The van der Waals surface area contributed by atoms with E-state index < -0.39 is 5.97 Å². The van der Waals surface area contributed by atoms with E-state index in [0.717, 1.165) is 18.5 Å². The van der Waals surface area contributed by atoms with Gasteiger partial charge in [0.15, 0.2) is 5.82 Å². The number of anilines is 1. The van der Waals surface area contributed by atoms with Gasteiger partial charge in [-0.3, -0.25) is 4.79 Å². The van der Waals surface area contributed by atoms with Crippen LogP contribution in [0.15, 0.2) is 12.1 Å². The molecule has 0 aliphatic rings. The summed E-state index contributed by atoms with van der Waals surface area (Å²) in [5.41, 5.74) is 0.935. The molecule has 1 heterocycles. The largest absolute Gasteiger partial charge is 0.480 e. The second kappa shape index (κ2) is 5.29. The molecule has 82 valence electrons. The summed E-state index contributed by atoms with van der Waals surface area (Å²) in [6.07, 6.45) is 1.93. The lowest BCUT2D eigenvalue weighted by Gasteiger charge is -2.14. The van der Waals surface area contributed by atoms with Gasteiger partial charge in [-0.2, -0.15) is 5.10 Å². The van der Waals surface area contributed by atoms with Gasteiger partial charge in [-0.05, 0) is 18.6 Å². The van der Waals surface area contributed by atoms with Gasteiger partial charge in [0.2, 0.25) is 0 Å². The SMILES string of the molecule is CCCc1ccc(N(C)CC(=O)O)nn1. The Labute approximate surface area is 88.7 Å². The third-order valence-electron chi connectivity index (χ3n) is 1.98. The average Bonchev–Trinajstić information content (AvgIpc) is 2.18. The lowest BCUT2D eigenvalue weighted by atomic mass is 10.2. The number of rotatable bonds is 5. The highest BCUT2D eigenvalue weighted by Gasteiger charge is 2.07. The van der Waals surface area contributed by atoms with E-state index in [1.807, 2.05) is 6.07 Å². The van der Waals surface area contributed by atoms with Gasteiger partial charge in [0, 0.05) is 7.05 Å². The van der Waals surface area contributed by atoms with Crippen molar-refractivity contribution in [2.75, 3.05) is 18.5 Å². The van der Waals surface area contributed by atoms with Crippen molar-refractivity contribution >= 4 is 11.8 Å². The summed E-state index contributed by atoms with van der Waals surface area (Å²) in [7, 11) is 1.68. The zero-order valence-electron chi connectivity index (χ0n) is 8.97. The van der Waals surface area contributed by atoms with Gasteiger partial charge >= 0.3 is 5.97 Å². The fourth-order valence-corrected chi connectivity index (χ4v) is 1.23. The van der Waals surface area contributed by atoms with Crippen molar-refractivity contribution in [1.82, 2.24) is 10.2 Å². The summed E-state index contributed by atoms with van der Waals surface area (Å²) < 4.78 is 0. The molecular weight excluding hydrogens is 194 g/mol. The number of carbonyl (C=O) groups is 1. The highest BCUT2D eigenvalue weighted by atomic mass is 16.4. The number of hydrogen-bond donors (Lipinski definition) is 1. The zero-order chi connectivity index (χ0) is 11.3. The number of nitrogens with zero attached hydrogens (tertiary/aromatic N) is 3. The summed E-state index contributed by atoms with van der Waals surface area (Å²) in [5.74, 6) is -0.297. The Morgan fingerprint density at radius 2 is 2.20 bits per heavy atom. The number of likely N-dealkylation sites (N-methyl/N-ethyl adjacent to an activating group) is 1. The topological polar surface area (TPSA) is 66.3 Å². The molecule has 1 N–H and O–H groups in total. The number of hydrogen-bond acceptors (Lipinski definition) is 4. The Balaban J connectivity index is 2.66. The average molecular weight is 209 g/mol. The van der Waals surface area contributed by atoms with Gasteiger partial charge in [0.1, 0.15) is 6.54 Å². The predicted octanol–water partition coefficient (Wildman–Crippen LogP) is 0.950. The molecule has 0 saturated carbocycles. The maximum Gasteiger partial charge on any atom is 0.323 e. The molecule has 0 aliphatic carbocycles. The van der Waals surface area contributed by atoms with Crippen molar-refractivity contribution in [3.05, 3.63) is 17.8 Å². The molecular formula is C10H15N3O2. The van der Waals surface area contributed by atoms with E-state index in [4.69, 9.17) is 5.11 Å². The van der Waals surface area contributed by atoms with Crippen LogP contribution in [0.2, 0.25) is 0 Å². The molecule has 1 aromatic heterocycles. The van der Waals surface area contributed by atoms with Crippen LogP contribution in [0, 0.1) is 0 Å². The van der Waals surface area contributed by atoms with E-state index in [1.54, 1.807) is 18.0 Å². The van der Waals surface area contributed by atoms with Crippen LogP contribution in [-0.4, -0.2) is 34.9 Å². The van der Waals surface area contributed by atoms with E-state index >= 15 is 0 Å². The van der Waals surface area contributed by atoms with Gasteiger partial charge in [-0.15, -0.1) is 5.10 Å². The van der Waals surface area contributed by atoms with Crippen LogP contribution in [-0.2, 0) is 11.2 Å². The molecule has 0 aromatic carbocycles. The Morgan fingerprint density at radius 3 is 2.67 bits per heavy atom. The van der Waals surface area contributed by atoms with E-state index in [2.05, 4.69) is 17.1 Å². The van der Waals surface area contributed by atoms with Gasteiger partial charge in [0.05, 0.1) is 5.69 Å². The van der Waals surface area contributed by atoms with E-state index in [-0.39, 0.29) is 6.54 Å². The van der Waals surface area contributed by atoms with Crippen molar-refractivity contribution in [3.63, 3.8) is 0 Å². The maximum atomic E-state index is 10.5. The third-order valence-corrected chi connectivity index (χ3v) is 1.98. The van der Waals surface area contributed by atoms with Crippen LogP contribution in [0.1, 0.15) is 19.0 Å². The lowest BCUT2D eigenvalue weighted by molar-refractivity contribution is -0.135. The molecule has 0 atom stereocenters. The zero-order valence-corrected chi connectivity index (χ0v) is 8.97. The smallest absolute Gasteiger partial charge is 0.323 e. The molecule has 1 aromatic rings. The second-order valence-electron chi connectivity index (χ2n) is 3.38. The Hall–Kier alpha value is -1.65. The fraction of sp³-hybridized carbons (Fsp3) is 0.500. The second-order valence-corrected chi connectivity index (χ2v) is 3.38. The number of aryl methyl sites for hydroxylation is 1. The van der Waals surface area contributed by atoms with Gasteiger partial charge in [-0.1, -0.05) is 13.3 Å². The monoisotopic (exact) mass is 209 g/mol. The first-order valence-electron chi connectivity index (χ1n) is 4.89. The predicted molar refractivity (Wildman–Crippen MR) is 56.9 cm³/mol. The quantitative estimate of drug-likeness (QED) is 0.782. The van der Waals surface area contributed by atoms with Crippen molar-refractivity contribution < 1.29 is 9.90 Å². The van der Waals surface area contributed by atoms with Crippen LogP contribution < -0.4 is 4.90 Å². The van der Waals surface area contributed by atoms with Crippen molar-refractivity contribution in [1.29, 1.82) is 0 Å². The summed E-state index contributed by atoms with van der Waals surface area (Å²) in [6, 6.07) is 3.67. The molecule has 0 spiro atoms. The maximum absolute atomic E-state index is 10.5. The molecule has 0 unspecified atom stereocenters. The summed E-state index contributed by atoms with van der Waals surface area (Å²) >= 11 is 0. The van der Waals surface area contributed by atoms with Crippen molar-refractivity contribution in [2.24, 2.45) is 0 Å². The number of carboxylic acid groups (broad SMARTS) is 1. The first-order valence-corrected chi connectivity index (χ1v) is 4.89. The third kappa shape index (κ3) is 3.53. The minimum atomic E-state index is -0.878. The number of aliphatic carboxylic acids is 1. The standard InChI is InChI=1S/C10H15N3O2/c1-3-4-8-5-6-9(12-11-8)13(2)7-10(14)15/h5-6H,3-4,7H2,1-2H3,(H,14,15). The minimum Gasteiger partial charge on any atom is -0.480 e. The molecule has 5 nitrogen and oxygen atoms in total. The molecule has 0 saturated heterocycles. The van der Waals surface area contributed by atoms with Crippen LogP contribution in [0.5, 0.6) is 0 Å². The van der Waals surface area contributed by atoms with Crippen molar-refractivity contribution in [3.8, 4) is 0 Å². The summed E-state index contributed by atoms with van der Waals surface area (Å²) in [6.45, 7) is 2.01. The highest BCUT2D eigenvalue weighted by molar-refractivity contribution is 5.72. The molecule has 1 rings (SSSR count). The lowest BCUT2D eigenvalue weighted by Crippen LogP contribution is -2.26. The Bertz CT molecular complexity index is 324. The van der Waals surface area contributed by atoms with Crippen LogP contribution >= 0.6 is 0 Å². The fourth-order valence-electron chi connectivity index (χ4n) is 1.23. The molecule has 0 amide bonds. The van der Waals surface area contributed by atoms with E-state index in [0.29, 0.717) is 5.82 Å². The molecule has 5 heteroatoms. The number of carboxylic acids is 1. The molecule has 0 fully saturated rings. The van der Waals surface area contributed by atoms with Crippen LogP contribution in [0.3, 0.4) is 0 Å². The Morgan fingerprint density at radius 1 is 1.47 bits per heavy atom. The summed E-state index contributed by atoms with van der Waals surface area (Å²) in [5, 5.41) is 16.6. The summed E-state index contributed by atoms with van der Waals surface area (Å²) in [4.78, 5) is 12.0. The number of aromatic nitrogens is 2. The van der Waals surface area contributed by atoms with Gasteiger partial charge in [0.25, 0.3) is 0 Å². The van der Waals surface area contributed by atoms with Crippen molar-refractivity contribution in [2.45, 2.75) is 19.8 Å². The van der Waals surface area contributed by atoms with Gasteiger partial charge in [-0.25, -0.2) is 0 Å². The van der Waals surface area contributed by atoms with E-state index in [9.17, 15) is 4.79 Å². The van der Waals surface area contributed by atoms with Crippen LogP contribution in [0.25, 0.3) is 0 Å². The molecule has 0 aliphatic heterocycles. The van der Waals surface area contributed by atoms with E-state index in [1.165, 1.54) is 0 Å². The molecule has 15 heavy (non-hydrogen) atoms. The first kappa shape index (κ1) is 11.4. The van der Waals surface area contributed by atoms with Crippen LogP contribution in [0.4, 0.5) is 5.82 Å². The molecule has 0 bridgehead atoms.